The number of benzene rings is 3. The van der Waals surface area contributed by atoms with Crippen LogP contribution < -0.4 is 0 Å². The normalized spacial score (nSPS) is 9.64. The minimum absolute atomic E-state index is 0. The molecule has 3 rings (SSSR count). The summed E-state index contributed by atoms with van der Waals surface area (Å²) < 4.78 is 3.43. The molecule has 8 heteroatoms. The smallest absolute Gasteiger partial charge is 0.0311 e. The summed E-state index contributed by atoms with van der Waals surface area (Å²) in [6.07, 6.45) is 2.43. The van der Waals surface area contributed by atoms with Crippen LogP contribution in [-0.2, 0) is 0 Å². The molecule has 0 aliphatic rings. The fourth-order valence-electron chi connectivity index (χ4n) is 2.05. The van der Waals surface area contributed by atoms with Crippen molar-refractivity contribution >= 4 is 116 Å². The Labute approximate surface area is 256 Å². The molecule has 3 aromatic carbocycles. The van der Waals surface area contributed by atoms with Crippen molar-refractivity contribution in [2.75, 3.05) is 22.2 Å². The van der Waals surface area contributed by atoms with Crippen molar-refractivity contribution in [2.24, 2.45) is 0 Å². The number of halogens is 5. The van der Waals surface area contributed by atoms with Crippen molar-refractivity contribution in [3.8, 4) is 0 Å². The van der Waals surface area contributed by atoms with E-state index in [-0.39, 0.29) is 7.43 Å². The van der Waals surface area contributed by atoms with Crippen LogP contribution in [0.15, 0.2) is 101 Å². The topological polar surface area (TPSA) is 0 Å². The second-order valence-electron chi connectivity index (χ2n) is 6.09. The molecule has 33 heavy (non-hydrogen) atoms. The molecule has 0 saturated heterocycles. The fraction of sp³-hybridized carbons (Fsp3) is 0.280. The summed E-state index contributed by atoms with van der Waals surface area (Å²) >= 11 is 25.0. The molecule has 0 aromatic heterocycles. The number of thiol groups is 1. The first-order valence-corrected chi connectivity index (χ1v) is 16.8. The highest BCUT2D eigenvalue weighted by Gasteiger charge is 2.01. The van der Waals surface area contributed by atoms with Crippen LogP contribution in [0.25, 0.3) is 0 Å². The monoisotopic (exact) mass is 820 g/mol. The SMILES string of the molecule is BrCCCBr.Brc1ccccc1SCCCSc1ccccc1Br.C.Sc1ccccc1Br. The van der Waals surface area contributed by atoms with Crippen molar-refractivity contribution in [2.45, 2.75) is 35.0 Å². The van der Waals surface area contributed by atoms with E-state index < -0.39 is 0 Å². The molecule has 0 fully saturated rings. The Hall–Kier alpha value is 1.11. The summed E-state index contributed by atoms with van der Waals surface area (Å²) in [6, 6.07) is 24.6. The Morgan fingerprint density at radius 3 is 1.27 bits per heavy atom. The molecule has 0 bridgehead atoms. The maximum atomic E-state index is 4.15. The molecule has 0 amide bonds. The first kappa shape index (κ1) is 34.1. The van der Waals surface area contributed by atoms with Gasteiger partial charge in [0.2, 0.25) is 0 Å². The Morgan fingerprint density at radius 1 is 0.576 bits per heavy atom. The summed E-state index contributed by atoms with van der Waals surface area (Å²) in [4.78, 5) is 3.63. The summed E-state index contributed by atoms with van der Waals surface area (Å²) in [5, 5.41) is 2.22. The van der Waals surface area contributed by atoms with Gasteiger partial charge >= 0.3 is 0 Å². The zero-order valence-electron chi connectivity index (χ0n) is 17.3. The third-order valence-corrected chi connectivity index (χ3v) is 10.3. The van der Waals surface area contributed by atoms with E-state index in [1.54, 1.807) is 0 Å². The highest BCUT2D eigenvalue weighted by Crippen LogP contribution is 2.30. The predicted molar refractivity (Wildman–Crippen MR) is 175 cm³/mol. The van der Waals surface area contributed by atoms with Crippen LogP contribution >= 0.6 is 116 Å². The second kappa shape index (κ2) is 22.3. The molecule has 0 nitrogen and oxygen atoms in total. The molecule has 0 heterocycles. The van der Waals surface area contributed by atoms with Crippen LogP contribution in [-0.4, -0.2) is 22.2 Å². The van der Waals surface area contributed by atoms with E-state index in [4.69, 9.17) is 0 Å². The van der Waals surface area contributed by atoms with E-state index in [1.165, 1.54) is 31.6 Å². The van der Waals surface area contributed by atoms with Crippen LogP contribution in [0.2, 0.25) is 0 Å². The summed E-state index contributed by atoms with van der Waals surface area (Å²) in [5.74, 6) is 2.31. The van der Waals surface area contributed by atoms with Crippen molar-refractivity contribution in [1.82, 2.24) is 0 Å². The first-order valence-electron chi connectivity index (χ1n) is 9.79. The average molecular weight is 825 g/mol. The van der Waals surface area contributed by atoms with E-state index in [0.717, 1.165) is 31.5 Å². The van der Waals surface area contributed by atoms with Crippen molar-refractivity contribution in [3.05, 3.63) is 86.2 Å². The van der Waals surface area contributed by atoms with Gasteiger partial charge in [-0.2, -0.15) is 0 Å². The molecule has 0 atom stereocenters. The molecule has 0 radical (unpaired) electrons. The zero-order chi connectivity index (χ0) is 23.6. The lowest BCUT2D eigenvalue weighted by molar-refractivity contribution is 1.12. The van der Waals surface area contributed by atoms with Gasteiger partial charge in [-0.25, -0.2) is 0 Å². The van der Waals surface area contributed by atoms with Gasteiger partial charge in [0.05, 0.1) is 0 Å². The Balaban J connectivity index is 0.000000605. The lowest BCUT2D eigenvalue weighted by Crippen LogP contribution is -1.85. The van der Waals surface area contributed by atoms with Crippen LogP contribution in [0, 0.1) is 0 Å². The number of hydrogen-bond donors (Lipinski definition) is 1. The minimum Gasteiger partial charge on any atom is -0.142 e. The largest absolute Gasteiger partial charge is 0.142 e. The van der Waals surface area contributed by atoms with Gasteiger partial charge in [0.15, 0.2) is 0 Å². The molecule has 0 unspecified atom stereocenters. The molecule has 0 N–H and O–H groups in total. The van der Waals surface area contributed by atoms with E-state index in [1.807, 2.05) is 47.8 Å². The van der Waals surface area contributed by atoms with Gasteiger partial charge < -0.3 is 0 Å². The van der Waals surface area contributed by atoms with Crippen LogP contribution in [0.5, 0.6) is 0 Å². The maximum absolute atomic E-state index is 4.15. The van der Waals surface area contributed by atoms with Gasteiger partial charge in [0, 0.05) is 38.8 Å². The van der Waals surface area contributed by atoms with E-state index in [9.17, 15) is 0 Å². The first-order chi connectivity index (χ1) is 15.5. The number of thioether (sulfide) groups is 2. The summed E-state index contributed by atoms with van der Waals surface area (Å²) in [6.45, 7) is 0. The number of rotatable bonds is 8. The van der Waals surface area contributed by atoms with Crippen LogP contribution in [0.1, 0.15) is 20.3 Å². The third kappa shape index (κ3) is 16.5. The molecule has 3 aromatic rings. The van der Waals surface area contributed by atoms with Crippen molar-refractivity contribution in [1.29, 1.82) is 0 Å². The van der Waals surface area contributed by atoms with Crippen LogP contribution in [0.4, 0.5) is 0 Å². The molecular formula is C25H29Br5S3. The lowest BCUT2D eigenvalue weighted by Gasteiger charge is -2.05. The van der Waals surface area contributed by atoms with Gasteiger partial charge in [-0.15, -0.1) is 36.2 Å². The maximum Gasteiger partial charge on any atom is 0.0311 e. The fourth-order valence-corrected chi connectivity index (χ4v) is 7.03. The second-order valence-corrected chi connectivity index (χ2v) is 13.0. The standard InChI is InChI=1S/C15H14Br2S2.C6H5BrS.C3H6Br2.CH4/c16-12-6-1-3-8-14(12)18-10-5-11-19-15-9-4-2-7-13(15)17;7-5-3-1-2-4-6(5)8;4-2-1-3-5;/h1-4,6-9H,5,10-11H2;1-4,8H;1-3H2;1H4. The molecule has 0 saturated carbocycles. The molecule has 0 aliphatic heterocycles. The van der Waals surface area contributed by atoms with Gasteiger partial charge in [0.25, 0.3) is 0 Å². The Morgan fingerprint density at radius 2 is 0.970 bits per heavy atom. The summed E-state index contributed by atoms with van der Waals surface area (Å²) in [5.41, 5.74) is 0. The third-order valence-electron chi connectivity index (χ3n) is 3.60. The highest BCUT2D eigenvalue weighted by atomic mass is 79.9. The summed E-state index contributed by atoms with van der Waals surface area (Å²) in [7, 11) is 0. The Kier molecular flexibility index (Phi) is 23.1. The quantitative estimate of drug-likeness (QED) is 0.104. The molecular weight excluding hydrogens is 796 g/mol. The van der Waals surface area contributed by atoms with Crippen molar-refractivity contribution < 1.29 is 0 Å². The van der Waals surface area contributed by atoms with Gasteiger partial charge in [-0.3, -0.25) is 0 Å². The van der Waals surface area contributed by atoms with Gasteiger partial charge in [-0.05, 0) is 109 Å². The van der Waals surface area contributed by atoms with E-state index in [2.05, 4.69) is 141 Å². The van der Waals surface area contributed by atoms with Gasteiger partial charge in [-0.1, -0.05) is 75.7 Å². The van der Waals surface area contributed by atoms with E-state index >= 15 is 0 Å². The lowest BCUT2D eigenvalue weighted by atomic mass is 10.4. The zero-order valence-corrected chi connectivity index (χ0v) is 27.8. The Bertz CT molecular complexity index is 823. The van der Waals surface area contributed by atoms with Crippen LogP contribution in [0.3, 0.4) is 0 Å². The highest BCUT2D eigenvalue weighted by molar-refractivity contribution is 9.11. The van der Waals surface area contributed by atoms with Crippen molar-refractivity contribution in [3.63, 3.8) is 0 Å². The number of hydrogen-bond acceptors (Lipinski definition) is 3. The molecule has 0 aliphatic carbocycles. The predicted octanol–water partition coefficient (Wildman–Crippen LogP) is 12.0. The minimum atomic E-state index is 0. The average Bonchev–Trinajstić information content (AvgIpc) is 2.79. The molecule has 0 spiro atoms. The molecule has 182 valence electrons. The number of alkyl halides is 2. The van der Waals surface area contributed by atoms with E-state index in [0.29, 0.717) is 0 Å². The van der Waals surface area contributed by atoms with Gasteiger partial charge in [0.1, 0.15) is 0 Å².